The van der Waals surface area contributed by atoms with Gasteiger partial charge in [0, 0.05) is 30.8 Å². The zero-order valence-electron chi connectivity index (χ0n) is 15.1. The third kappa shape index (κ3) is 3.36. The Hall–Kier alpha value is -2.64. The number of aliphatic hydroxyl groups is 1. The Bertz CT molecular complexity index is 824. The summed E-state index contributed by atoms with van der Waals surface area (Å²) in [6, 6.07) is 17.1. The van der Waals surface area contributed by atoms with Crippen LogP contribution in [-0.2, 0) is 0 Å². The highest BCUT2D eigenvalue weighted by molar-refractivity contribution is 6.01. The molecule has 2 aromatic carbocycles. The van der Waals surface area contributed by atoms with Gasteiger partial charge in [-0.25, -0.2) is 0 Å². The summed E-state index contributed by atoms with van der Waals surface area (Å²) in [6.45, 7) is 3.59. The van der Waals surface area contributed by atoms with Crippen molar-refractivity contribution in [3.8, 4) is 17.2 Å². The number of carbonyl (C=O) groups is 1. The van der Waals surface area contributed by atoms with E-state index in [1.807, 2.05) is 47.4 Å². The van der Waals surface area contributed by atoms with Gasteiger partial charge in [-0.05, 0) is 42.4 Å². The molecule has 0 radical (unpaired) electrons. The highest BCUT2D eigenvalue weighted by atomic mass is 16.3. The molecule has 3 rings (SSSR count). The maximum absolute atomic E-state index is 13.2. The fourth-order valence-corrected chi connectivity index (χ4v) is 3.70. The molecule has 0 aliphatic carbocycles. The van der Waals surface area contributed by atoms with Crippen LogP contribution in [0.3, 0.4) is 0 Å². The van der Waals surface area contributed by atoms with Gasteiger partial charge in [0.15, 0.2) is 0 Å². The van der Waals surface area contributed by atoms with Gasteiger partial charge in [-0.2, -0.15) is 5.26 Å². The minimum absolute atomic E-state index is 0.00372. The maximum atomic E-state index is 13.2. The summed E-state index contributed by atoms with van der Waals surface area (Å²) in [4.78, 5) is 15.0. The van der Waals surface area contributed by atoms with Crippen LogP contribution in [0, 0.1) is 16.7 Å². The van der Waals surface area contributed by atoms with E-state index < -0.39 is 0 Å². The molecule has 0 saturated carbocycles. The van der Waals surface area contributed by atoms with Crippen molar-refractivity contribution >= 4 is 5.91 Å². The van der Waals surface area contributed by atoms with E-state index in [4.69, 9.17) is 0 Å². The molecule has 1 saturated heterocycles. The Morgan fingerprint density at radius 2 is 1.73 bits per heavy atom. The molecule has 1 amide bonds. The van der Waals surface area contributed by atoms with E-state index >= 15 is 0 Å². The Morgan fingerprint density at radius 1 is 1.12 bits per heavy atom. The van der Waals surface area contributed by atoms with Crippen LogP contribution in [0.1, 0.15) is 42.1 Å². The minimum Gasteiger partial charge on any atom is -0.396 e. The second kappa shape index (κ2) is 7.72. The van der Waals surface area contributed by atoms with Gasteiger partial charge in [0.05, 0.1) is 11.6 Å². The number of nitriles is 1. The minimum atomic E-state index is -0.0519. The van der Waals surface area contributed by atoms with Gasteiger partial charge >= 0.3 is 0 Å². The van der Waals surface area contributed by atoms with E-state index in [-0.39, 0.29) is 17.9 Å². The molecule has 134 valence electrons. The third-order valence-electron chi connectivity index (χ3n) is 5.69. The van der Waals surface area contributed by atoms with Gasteiger partial charge in [0.25, 0.3) is 5.91 Å². The lowest BCUT2D eigenvalue weighted by Gasteiger charge is -2.40. The van der Waals surface area contributed by atoms with E-state index in [9.17, 15) is 15.2 Å². The normalized spacial score (nSPS) is 16.1. The Labute approximate surface area is 154 Å². The third-order valence-corrected chi connectivity index (χ3v) is 5.69. The fourth-order valence-electron chi connectivity index (χ4n) is 3.70. The Kier molecular flexibility index (Phi) is 5.39. The molecule has 0 unspecified atom stereocenters. The van der Waals surface area contributed by atoms with Gasteiger partial charge in [0.1, 0.15) is 0 Å². The van der Waals surface area contributed by atoms with Gasteiger partial charge < -0.3 is 10.0 Å². The summed E-state index contributed by atoms with van der Waals surface area (Å²) in [5, 5.41) is 19.1. The lowest BCUT2D eigenvalue weighted by molar-refractivity contribution is 0.0338. The van der Waals surface area contributed by atoms with E-state index in [0.29, 0.717) is 24.2 Å². The molecule has 1 fully saturated rings. The van der Waals surface area contributed by atoms with E-state index in [1.54, 1.807) is 6.07 Å². The average molecular weight is 348 g/mol. The highest BCUT2D eigenvalue weighted by Crippen LogP contribution is 2.35. The van der Waals surface area contributed by atoms with E-state index in [0.717, 1.165) is 30.4 Å². The summed E-state index contributed by atoms with van der Waals surface area (Å²) >= 11 is 0. The standard InChI is InChI=1S/C22H24N2O2/c1-2-22(16-25)11-13-24(14-12-22)21(26)20-10-6-5-9-19(20)18-8-4-3-7-17(18)15-23/h3-10,25H,2,11-14,16H2,1H3. The fraction of sp³-hybridized carbons (Fsp3) is 0.364. The quantitative estimate of drug-likeness (QED) is 0.913. The van der Waals surface area contributed by atoms with Crippen LogP contribution in [-0.4, -0.2) is 35.6 Å². The van der Waals surface area contributed by atoms with Crippen LogP contribution in [0.2, 0.25) is 0 Å². The first kappa shape index (κ1) is 18.2. The number of nitrogens with zero attached hydrogens (tertiary/aromatic N) is 2. The molecule has 1 aliphatic heterocycles. The molecular formula is C22H24N2O2. The van der Waals surface area contributed by atoms with Gasteiger partial charge in [-0.15, -0.1) is 0 Å². The first-order chi connectivity index (χ1) is 12.6. The van der Waals surface area contributed by atoms with Gasteiger partial charge in [-0.3, -0.25) is 4.79 Å². The highest BCUT2D eigenvalue weighted by Gasteiger charge is 2.34. The van der Waals surface area contributed by atoms with Gasteiger partial charge in [-0.1, -0.05) is 43.3 Å². The second-order valence-corrected chi connectivity index (χ2v) is 7.01. The van der Waals surface area contributed by atoms with E-state index in [1.165, 1.54) is 0 Å². The van der Waals surface area contributed by atoms with Crippen molar-refractivity contribution in [2.45, 2.75) is 26.2 Å². The molecule has 1 N–H and O–H groups in total. The molecule has 4 nitrogen and oxygen atoms in total. The molecular weight excluding hydrogens is 324 g/mol. The van der Waals surface area contributed by atoms with Gasteiger partial charge in [0.2, 0.25) is 0 Å². The van der Waals surface area contributed by atoms with Crippen molar-refractivity contribution in [1.29, 1.82) is 5.26 Å². The number of rotatable bonds is 4. The summed E-state index contributed by atoms with van der Waals surface area (Å²) in [6.07, 6.45) is 2.57. The zero-order chi connectivity index (χ0) is 18.6. The SMILES string of the molecule is CCC1(CO)CCN(C(=O)c2ccccc2-c2ccccc2C#N)CC1. The molecule has 2 aromatic rings. The molecule has 0 atom stereocenters. The summed E-state index contributed by atoms with van der Waals surface area (Å²) in [5.74, 6) is -0.00372. The topological polar surface area (TPSA) is 64.3 Å². The smallest absolute Gasteiger partial charge is 0.254 e. The number of aliphatic hydroxyl groups excluding tert-OH is 1. The van der Waals surface area contributed by atoms with E-state index in [2.05, 4.69) is 13.0 Å². The number of amides is 1. The number of carbonyl (C=O) groups excluding carboxylic acids is 1. The molecule has 1 heterocycles. The molecule has 0 spiro atoms. The van der Waals surface area contributed by atoms with Crippen molar-refractivity contribution in [2.75, 3.05) is 19.7 Å². The molecule has 4 heteroatoms. The van der Waals surface area contributed by atoms with Crippen molar-refractivity contribution < 1.29 is 9.90 Å². The predicted octanol–water partition coefficient (Wildman–Crippen LogP) is 3.85. The van der Waals surface area contributed by atoms with Crippen molar-refractivity contribution in [1.82, 2.24) is 4.90 Å². The summed E-state index contributed by atoms with van der Waals surface area (Å²) in [7, 11) is 0. The van der Waals surface area contributed by atoms with Crippen molar-refractivity contribution in [3.63, 3.8) is 0 Å². The largest absolute Gasteiger partial charge is 0.396 e. The van der Waals surface area contributed by atoms with Crippen LogP contribution in [0.15, 0.2) is 48.5 Å². The first-order valence-corrected chi connectivity index (χ1v) is 9.13. The Morgan fingerprint density at radius 3 is 2.35 bits per heavy atom. The van der Waals surface area contributed by atoms with Crippen LogP contribution in [0.4, 0.5) is 0 Å². The zero-order valence-corrected chi connectivity index (χ0v) is 15.1. The first-order valence-electron chi connectivity index (χ1n) is 9.13. The van der Waals surface area contributed by atoms with Crippen LogP contribution in [0.5, 0.6) is 0 Å². The number of hydrogen-bond acceptors (Lipinski definition) is 3. The average Bonchev–Trinajstić information content (AvgIpc) is 2.73. The predicted molar refractivity (Wildman–Crippen MR) is 102 cm³/mol. The lowest BCUT2D eigenvalue weighted by atomic mass is 9.77. The van der Waals surface area contributed by atoms with Crippen LogP contribution < -0.4 is 0 Å². The Balaban J connectivity index is 1.90. The second-order valence-electron chi connectivity index (χ2n) is 7.01. The van der Waals surface area contributed by atoms with Crippen LogP contribution >= 0.6 is 0 Å². The van der Waals surface area contributed by atoms with Crippen LogP contribution in [0.25, 0.3) is 11.1 Å². The molecule has 26 heavy (non-hydrogen) atoms. The molecule has 0 aromatic heterocycles. The molecule has 0 bridgehead atoms. The number of likely N-dealkylation sites (tertiary alicyclic amines) is 1. The van der Waals surface area contributed by atoms with Crippen molar-refractivity contribution in [2.24, 2.45) is 5.41 Å². The monoisotopic (exact) mass is 348 g/mol. The summed E-state index contributed by atoms with van der Waals surface area (Å²) < 4.78 is 0. The molecule has 1 aliphatic rings. The van der Waals surface area contributed by atoms with Crippen molar-refractivity contribution in [3.05, 3.63) is 59.7 Å². The number of piperidine rings is 1. The number of benzene rings is 2. The maximum Gasteiger partial charge on any atom is 0.254 e. The number of hydrogen-bond donors (Lipinski definition) is 1. The lowest BCUT2D eigenvalue weighted by Crippen LogP contribution is -2.44. The summed E-state index contributed by atoms with van der Waals surface area (Å²) in [5.41, 5.74) is 2.72.